The lowest BCUT2D eigenvalue weighted by atomic mass is 9.85. The Labute approximate surface area is 180 Å². The molecule has 1 aliphatic carbocycles. The number of nitrogens with one attached hydrogen (secondary N) is 1. The second kappa shape index (κ2) is 6.59. The first-order valence-electron chi connectivity index (χ1n) is 9.55. The molecule has 1 aliphatic heterocycles. The maximum atomic E-state index is 14.9. The smallest absolute Gasteiger partial charge is 0.164 e. The molecule has 1 saturated carbocycles. The molecule has 31 heavy (non-hydrogen) atoms. The Bertz CT molecular complexity index is 1320. The Morgan fingerprint density at radius 2 is 2.03 bits per heavy atom. The van der Waals surface area contributed by atoms with E-state index in [1.807, 2.05) is 6.07 Å². The van der Waals surface area contributed by atoms with E-state index in [9.17, 15) is 8.78 Å². The molecule has 10 heteroatoms. The third kappa shape index (κ3) is 3.08. The fourth-order valence-electron chi connectivity index (χ4n) is 4.33. The molecule has 5 rings (SSSR count). The van der Waals surface area contributed by atoms with Crippen LogP contribution in [0, 0.1) is 28.9 Å². The van der Waals surface area contributed by atoms with Crippen molar-refractivity contribution in [3.8, 4) is 6.07 Å². The van der Waals surface area contributed by atoms with Crippen molar-refractivity contribution in [2.45, 2.75) is 30.6 Å². The van der Waals surface area contributed by atoms with Crippen LogP contribution in [0.25, 0.3) is 11.0 Å². The van der Waals surface area contributed by atoms with E-state index >= 15 is 0 Å². The first-order chi connectivity index (χ1) is 14.7. The number of pyridine rings is 1. The van der Waals surface area contributed by atoms with Gasteiger partial charge in [0.1, 0.15) is 17.9 Å². The zero-order valence-corrected chi connectivity index (χ0v) is 17.5. The highest BCUT2D eigenvalue weighted by Gasteiger charge is 2.64. The van der Waals surface area contributed by atoms with E-state index in [0.717, 1.165) is 12.5 Å². The molecule has 0 radical (unpaired) electrons. The first-order valence-corrected chi connectivity index (χ1v) is 10.4. The summed E-state index contributed by atoms with van der Waals surface area (Å²) in [5.74, 6) is -1.56. The molecule has 0 bridgehead atoms. The molecule has 0 saturated heterocycles. The van der Waals surface area contributed by atoms with Gasteiger partial charge in [0, 0.05) is 34.2 Å². The van der Waals surface area contributed by atoms with Gasteiger partial charge in [0.05, 0.1) is 16.6 Å². The lowest BCUT2D eigenvalue weighted by molar-refractivity contribution is 0.382. The minimum Gasteiger partial charge on any atom is -0.378 e. The minimum absolute atomic E-state index is 0.0485. The van der Waals surface area contributed by atoms with E-state index in [2.05, 4.69) is 32.2 Å². The third-order valence-electron chi connectivity index (χ3n) is 5.99. The van der Waals surface area contributed by atoms with Gasteiger partial charge in [0.15, 0.2) is 22.6 Å². The van der Waals surface area contributed by atoms with Crippen molar-refractivity contribution in [1.29, 1.82) is 5.26 Å². The predicted octanol–water partition coefficient (Wildman–Crippen LogP) is 3.97. The fraction of sp³-hybridized carbons (Fsp3) is 0.286. The number of rotatable bonds is 3. The van der Waals surface area contributed by atoms with Crippen molar-refractivity contribution in [3.05, 3.63) is 53.5 Å². The van der Waals surface area contributed by atoms with Gasteiger partial charge in [0.25, 0.3) is 0 Å². The van der Waals surface area contributed by atoms with Crippen molar-refractivity contribution in [3.63, 3.8) is 0 Å². The number of hydrogen-bond acceptors (Lipinski definition) is 8. The second-order valence-corrected chi connectivity index (χ2v) is 9.69. The maximum absolute atomic E-state index is 14.9. The predicted molar refractivity (Wildman–Crippen MR) is 115 cm³/mol. The largest absolute Gasteiger partial charge is 0.378 e. The van der Waals surface area contributed by atoms with Crippen LogP contribution in [-0.4, -0.2) is 24.9 Å². The van der Waals surface area contributed by atoms with Crippen LogP contribution in [0.2, 0.25) is 0 Å². The van der Waals surface area contributed by atoms with E-state index in [4.69, 9.17) is 11.0 Å². The molecule has 1 aromatic carbocycles. The van der Waals surface area contributed by atoms with Crippen LogP contribution in [0.1, 0.15) is 31.4 Å². The molecule has 2 aromatic heterocycles. The number of thioether (sulfide) groups is 1. The van der Waals surface area contributed by atoms with Crippen LogP contribution in [-0.2, 0) is 5.54 Å². The van der Waals surface area contributed by atoms with Crippen molar-refractivity contribution >= 4 is 39.5 Å². The number of amidine groups is 1. The lowest BCUT2D eigenvalue weighted by Gasteiger charge is -2.33. The second-order valence-electron chi connectivity index (χ2n) is 8.14. The van der Waals surface area contributed by atoms with Crippen molar-refractivity contribution in [2.24, 2.45) is 16.6 Å². The molecule has 3 atom stereocenters. The Kier molecular flexibility index (Phi) is 4.17. The molecule has 0 unspecified atom stereocenters. The van der Waals surface area contributed by atoms with E-state index in [-0.39, 0.29) is 16.2 Å². The van der Waals surface area contributed by atoms with Crippen LogP contribution in [0.15, 0.2) is 35.7 Å². The average molecular weight is 437 g/mol. The number of aliphatic imine (C=N–C) groups is 1. The maximum Gasteiger partial charge on any atom is 0.164 e. The van der Waals surface area contributed by atoms with Crippen molar-refractivity contribution in [1.82, 2.24) is 15.0 Å². The first kappa shape index (κ1) is 19.6. The van der Waals surface area contributed by atoms with Crippen LogP contribution in [0.4, 0.5) is 20.3 Å². The zero-order valence-electron chi connectivity index (χ0n) is 16.6. The van der Waals surface area contributed by atoms with E-state index in [1.165, 1.54) is 24.3 Å². The molecule has 3 heterocycles. The standard InChI is InChI=1S/C21H17F2N7S/c1-20-6-15(20)21(2,30-19(25)31-20)12-4-11(5-13(22)16(12)23)29-18-17-14(27-9-28-18)3-10(7-24)8-26-17/h3-5,8-9,15H,6H2,1-2H3,(H2,25,30)(H,27,28,29)/t15-,20+,21+/m0/s1. The number of hydrogen-bond donors (Lipinski definition) is 2. The number of nitrogens with two attached hydrogens (primary N) is 1. The van der Waals surface area contributed by atoms with Crippen LogP contribution < -0.4 is 11.1 Å². The third-order valence-corrected chi connectivity index (χ3v) is 7.20. The quantitative estimate of drug-likeness (QED) is 0.637. The number of fused-ring (bicyclic) bond motifs is 2. The topological polar surface area (TPSA) is 113 Å². The van der Waals surface area contributed by atoms with Crippen molar-refractivity contribution in [2.75, 3.05) is 5.32 Å². The van der Waals surface area contributed by atoms with E-state index in [0.29, 0.717) is 33.3 Å². The van der Waals surface area contributed by atoms with Gasteiger partial charge < -0.3 is 11.1 Å². The van der Waals surface area contributed by atoms with E-state index < -0.39 is 17.2 Å². The number of aromatic nitrogens is 3. The molecular weight excluding hydrogens is 420 g/mol. The van der Waals surface area contributed by atoms with Crippen LogP contribution in [0.3, 0.4) is 0 Å². The summed E-state index contributed by atoms with van der Waals surface area (Å²) in [6.45, 7) is 3.86. The lowest BCUT2D eigenvalue weighted by Crippen LogP contribution is -2.35. The molecule has 7 nitrogen and oxygen atoms in total. The number of anilines is 2. The number of nitrogens with zero attached hydrogens (tertiary/aromatic N) is 5. The molecule has 3 N–H and O–H groups in total. The molecule has 0 amide bonds. The van der Waals surface area contributed by atoms with E-state index in [1.54, 1.807) is 19.1 Å². The normalized spacial score (nSPS) is 26.7. The molecule has 0 spiro atoms. The molecule has 3 aromatic rings. The fourth-order valence-corrected chi connectivity index (χ4v) is 5.67. The SMILES string of the molecule is C[C@@]12C[C@@H]1[C@@](C)(c1cc(Nc3ncnc4cc(C#N)cnc34)cc(F)c1F)N=C(N)S2. The number of halogens is 2. The highest BCUT2D eigenvalue weighted by atomic mass is 32.2. The van der Waals surface area contributed by atoms with Crippen LogP contribution in [0.5, 0.6) is 0 Å². The summed E-state index contributed by atoms with van der Waals surface area (Å²) >= 11 is 1.48. The Morgan fingerprint density at radius 1 is 1.23 bits per heavy atom. The highest BCUT2D eigenvalue weighted by molar-refractivity contribution is 8.15. The summed E-state index contributed by atoms with van der Waals surface area (Å²) in [7, 11) is 0. The summed E-state index contributed by atoms with van der Waals surface area (Å²) in [6, 6.07) is 6.20. The zero-order chi connectivity index (χ0) is 22.0. The van der Waals surface area contributed by atoms with Gasteiger partial charge in [0.2, 0.25) is 0 Å². The summed E-state index contributed by atoms with van der Waals surface area (Å²) in [6.07, 6.45) is 3.53. The molecule has 156 valence electrons. The Balaban J connectivity index is 1.59. The van der Waals surface area contributed by atoms with Gasteiger partial charge in [-0.1, -0.05) is 11.8 Å². The number of benzene rings is 1. The average Bonchev–Trinajstić information content (AvgIpc) is 3.42. The van der Waals surface area contributed by atoms with Gasteiger partial charge in [-0.15, -0.1) is 0 Å². The number of nitriles is 1. The van der Waals surface area contributed by atoms with Crippen LogP contribution >= 0.6 is 11.8 Å². The van der Waals surface area contributed by atoms with Crippen molar-refractivity contribution < 1.29 is 8.78 Å². The van der Waals surface area contributed by atoms with Gasteiger partial charge in [-0.05, 0) is 32.4 Å². The van der Waals surface area contributed by atoms with Gasteiger partial charge in [-0.2, -0.15) is 5.26 Å². The monoisotopic (exact) mass is 437 g/mol. The van der Waals surface area contributed by atoms with Gasteiger partial charge in [-0.25, -0.2) is 23.7 Å². The molecule has 1 fully saturated rings. The van der Waals surface area contributed by atoms with Gasteiger partial charge >= 0.3 is 0 Å². The Hall–Kier alpha value is -3.32. The minimum atomic E-state index is -0.992. The summed E-state index contributed by atoms with van der Waals surface area (Å²) in [5.41, 5.74) is 6.72. The molecule has 2 aliphatic rings. The summed E-state index contributed by atoms with van der Waals surface area (Å²) < 4.78 is 29.4. The molecular formula is C21H17F2N7S. The van der Waals surface area contributed by atoms with Gasteiger partial charge in [-0.3, -0.25) is 4.99 Å². The summed E-state index contributed by atoms with van der Waals surface area (Å²) in [5, 5.41) is 12.4. The highest BCUT2D eigenvalue weighted by Crippen LogP contribution is 2.65. The Morgan fingerprint density at radius 3 is 2.81 bits per heavy atom. The summed E-state index contributed by atoms with van der Waals surface area (Å²) in [4.78, 5) is 17.1.